The van der Waals surface area contributed by atoms with E-state index in [9.17, 15) is 5.11 Å². The minimum absolute atomic E-state index is 0.232. The van der Waals surface area contributed by atoms with Crippen molar-refractivity contribution in [2.75, 3.05) is 0 Å². The molecule has 0 heterocycles. The third-order valence-electron chi connectivity index (χ3n) is 3.20. The first-order valence-electron chi connectivity index (χ1n) is 7.20. The Bertz CT molecular complexity index is 780. The number of rotatable bonds is 3. The monoisotopic (exact) mass is 391 g/mol. The third kappa shape index (κ3) is 5.50. The SMILES string of the molecule is Oc1ccccc1C(=Nc1ccccc1)c1ccccc1.[Cl][Ti][Cl]. The van der Waals surface area contributed by atoms with Gasteiger partial charge in [0.15, 0.2) is 0 Å². The van der Waals surface area contributed by atoms with Gasteiger partial charge in [0.05, 0.1) is 11.4 Å². The van der Waals surface area contributed by atoms with E-state index in [0.717, 1.165) is 22.5 Å². The molecule has 0 saturated carbocycles. The van der Waals surface area contributed by atoms with Crippen LogP contribution in [-0.2, 0) is 17.0 Å². The van der Waals surface area contributed by atoms with Gasteiger partial charge in [-0.2, -0.15) is 0 Å². The molecular formula is C19H15Cl2NOTi. The minimum atomic E-state index is -0.556. The van der Waals surface area contributed by atoms with Gasteiger partial charge in [-0.25, -0.2) is 4.99 Å². The summed E-state index contributed by atoms with van der Waals surface area (Å²) in [5.74, 6) is 0.232. The molecule has 3 aromatic carbocycles. The van der Waals surface area contributed by atoms with E-state index >= 15 is 0 Å². The van der Waals surface area contributed by atoms with Gasteiger partial charge in [0, 0.05) is 11.1 Å². The maximum atomic E-state index is 10.1. The van der Waals surface area contributed by atoms with Gasteiger partial charge in [-0.15, -0.1) is 0 Å². The number of phenolic OH excluding ortho intramolecular Hbond substituents is 1. The average molecular weight is 392 g/mol. The second kappa shape index (κ2) is 10.3. The Morgan fingerprint density at radius 1 is 0.750 bits per heavy atom. The van der Waals surface area contributed by atoms with E-state index < -0.39 is 17.0 Å². The predicted octanol–water partition coefficient (Wildman–Crippen LogP) is 5.94. The van der Waals surface area contributed by atoms with Crippen LogP contribution in [0.1, 0.15) is 11.1 Å². The summed E-state index contributed by atoms with van der Waals surface area (Å²) in [6.07, 6.45) is 0. The van der Waals surface area contributed by atoms with Gasteiger partial charge in [-0.05, 0) is 24.3 Å². The van der Waals surface area contributed by atoms with Crippen LogP contribution in [0.2, 0.25) is 0 Å². The summed E-state index contributed by atoms with van der Waals surface area (Å²) in [5, 5.41) is 10.1. The number of phenols is 1. The zero-order valence-electron chi connectivity index (χ0n) is 12.7. The summed E-state index contributed by atoms with van der Waals surface area (Å²) in [5.41, 5.74) is 3.33. The molecule has 1 N–H and O–H groups in total. The van der Waals surface area contributed by atoms with Crippen molar-refractivity contribution >= 4 is 30.0 Å². The normalized spacial score (nSPS) is 10.5. The van der Waals surface area contributed by atoms with Gasteiger partial charge in [0.1, 0.15) is 5.75 Å². The van der Waals surface area contributed by atoms with Crippen molar-refractivity contribution in [3.05, 3.63) is 96.1 Å². The second-order valence-electron chi connectivity index (χ2n) is 4.75. The second-order valence-corrected chi connectivity index (χ2v) is 7.33. The van der Waals surface area contributed by atoms with Crippen LogP contribution in [0.3, 0.4) is 0 Å². The Morgan fingerprint density at radius 2 is 1.25 bits per heavy atom. The Kier molecular flexibility index (Phi) is 8.07. The van der Waals surface area contributed by atoms with E-state index in [1.165, 1.54) is 0 Å². The molecule has 0 saturated heterocycles. The molecule has 24 heavy (non-hydrogen) atoms. The molecule has 0 atom stereocenters. The molecule has 0 spiro atoms. The van der Waals surface area contributed by atoms with Crippen molar-refractivity contribution in [2.24, 2.45) is 4.99 Å². The molecule has 5 heteroatoms. The molecule has 0 aliphatic rings. The van der Waals surface area contributed by atoms with E-state index in [4.69, 9.17) is 23.6 Å². The molecule has 0 aromatic heterocycles. The van der Waals surface area contributed by atoms with Gasteiger partial charge in [-0.3, -0.25) is 0 Å². The van der Waals surface area contributed by atoms with E-state index in [1.807, 2.05) is 78.9 Å². The number of aromatic hydroxyl groups is 1. The van der Waals surface area contributed by atoms with E-state index in [1.54, 1.807) is 6.07 Å². The van der Waals surface area contributed by atoms with Crippen molar-refractivity contribution in [1.29, 1.82) is 0 Å². The van der Waals surface area contributed by atoms with Crippen LogP contribution >= 0.6 is 18.6 Å². The summed E-state index contributed by atoms with van der Waals surface area (Å²) in [6, 6.07) is 26.9. The van der Waals surface area contributed by atoms with Crippen LogP contribution < -0.4 is 0 Å². The first kappa shape index (κ1) is 18.8. The molecule has 3 aromatic rings. The number of aliphatic imine (C=N–C) groups is 1. The zero-order valence-corrected chi connectivity index (χ0v) is 15.8. The maximum absolute atomic E-state index is 10.1. The molecular weight excluding hydrogens is 377 g/mol. The molecule has 0 aliphatic carbocycles. The fourth-order valence-electron chi connectivity index (χ4n) is 2.18. The van der Waals surface area contributed by atoms with Crippen molar-refractivity contribution in [1.82, 2.24) is 0 Å². The first-order chi connectivity index (χ1) is 11.8. The number of hydrogen-bond acceptors (Lipinski definition) is 2. The number of para-hydroxylation sites is 2. The van der Waals surface area contributed by atoms with Gasteiger partial charge in [-0.1, -0.05) is 60.7 Å². The fraction of sp³-hybridized carbons (Fsp3) is 0. The van der Waals surface area contributed by atoms with Gasteiger partial charge in [0.25, 0.3) is 0 Å². The standard InChI is InChI=1S/C19H15NO.2ClH.Ti/c21-18-14-8-7-13-17(18)19(15-9-3-1-4-10-15)20-16-11-5-2-6-12-16;;;/h1-14,21H;2*1H;/q;;;+2/p-2. The van der Waals surface area contributed by atoms with Crippen LogP contribution in [0.4, 0.5) is 5.69 Å². The molecule has 0 radical (unpaired) electrons. The summed E-state index contributed by atoms with van der Waals surface area (Å²) in [7, 11) is 9.78. The van der Waals surface area contributed by atoms with Gasteiger partial charge in [0.2, 0.25) is 0 Å². The van der Waals surface area contributed by atoms with Crippen LogP contribution in [0, 0.1) is 0 Å². The first-order valence-corrected chi connectivity index (χ1v) is 11.5. The molecule has 0 amide bonds. The Labute approximate surface area is 158 Å². The van der Waals surface area contributed by atoms with Crippen molar-refractivity contribution in [3.63, 3.8) is 0 Å². The van der Waals surface area contributed by atoms with Crippen LogP contribution in [0.25, 0.3) is 0 Å². The van der Waals surface area contributed by atoms with Gasteiger partial charge < -0.3 is 5.11 Å². The summed E-state index contributed by atoms with van der Waals surface area (Å²) >= 11 is -0.556. The van der Waals surface area contributed by atoms with Crippen molar-refractivity contribution in [3.8, 4) is 5.75 Å². The molecule has 0 unspecified atom stereocenters. The summed E-state index contributed by atoms with van der Waals surface area (Å²) < 4.78 is 0. The van der Waals surface area contributed by atoms with E-state index in [0.29, 0.717) is 0 Å². The Morgan fingerprint density at radius 3 is 1.83 bits per heavy atom. The van der Waals surface area contributed by atoms with Crippen LogP contribution in [-0.4, -0.2) is 10.8 Å². The fourth-order valence-corrected chi connectivity index (χ4v) is 2.18. The van der Waals surface area contributed by atoms with E-state index in [-0.39, 0.29) is 5.75 Å². The zero-order chi connectivity index (χ0) is 17.2. The molecule has 3 rings (SSSR count). The number of halogens is 2. The number of hydrogen-bond donors (Lipinski definition) is 1. The molecule has 0 aliphatic heterocycles. The van der Waals surface area contributed by atoms with Crippen molar-refractivity contribution < 1.29 is 22.1 Å². The summed E-state index contributed by atoms with van der Waals surface area (Å²) in [6.45, 7) is 0. The van der Waals surface area contributed by atoms with Crippen LogP contribution in [0.5, 0.6) is 5.75 Å². The molecule has 2 nitrogen and oxygen atoms in total. The topological polar surface area (TPSA) is 32.6 Å². The van der Waals surface area contributed by atoms with E-state index in [2.05, 4.69) is 0 Å². The average Bonchev–Trinajstić information content (AvgIpc) is 2.63. The van der Waals surface area contributed by atoms with Crippen molar-refractivity contribution in [2.45, 2.75) is 0 Å². The van der Waals surface area contributed by atoms with Gasteiger partial charge >= 0.3 is 35.6 Å². The molecule has 0 bridgehead atoms. The Hall–Kier alpha value is -1.58. The quantitative estimate of drug-likeness (QED) is 0.435. The number of nitrogens with zero attached hydrogens (tertiary/aromatic N) is 1. The predicted molar refractivity (Wildman–Crippen MR) is 98.0 cm³/mol. The molecule has 0 fully saturated rings. The third-order valence-corrected chi connectivity index (χ3v) is 3.20. The van der Waals surface area contributed by atoms with Crippen LogP contribution in [0.15, 0.2) is 89.9 Å². The summed E-state index contributed by atoms with van der Waals surface area (Å²) in [4.78, 5) is 4.72. The molecule has 120 valence electrons. The Balaban J connectivity index is 0.000000647. The number of benzene rings is 3.